The highest BCUT2D eigenvalue weighted by atomic mass is 16.6. The number of nitrogens with zero attached hydrogens (tertiary/aromatic N) is 2. The zero-order chi connectivity index (χ0) is 20.3. The molecule has 1 aromatic heterocycles. The molecule has 0 amide bonds. The Kier molecular flexibility index (Phi) is 6.17. The molecule has 1 fully saturated rings. The number of hydrogen-bond donors (Lipinski definition) is 0. The molecule has 1 aliphatic carbocycles. The van der Waals surface area contributed by atoms with Gasteiger partial charge in [0.2, 0.25) is 6.10 Å². The van der Waals surface area contributed by atoms with Crippen LogP contribution < -0.4 is 0 Å². The van der Waals surface area contributed by atoms with Crippen LogP contribution in [0, 0.1) is 11.8 Å². The molecule has 6 nitrogen and oxygen atoms in total. The van der Waals surface area contributed by atoms with Crippen molar-refractivity contribution < 1.29 is 19.1 Å². The fraction of sp³-hybridized carbons (Fsp3) is 0.500. The summed E-state index contributed by atoms with van der Waals surface area (Å²) in [6, 6.07) is 8.29. The SMILES string of the molecule is COC(=O)C(OC(=O)c1cncn1C(C)c1cccc(CC(C)C)c1)C1CC1. The number of methoxy groups -OCH3 is 1. The second kappa shape index (κ2) is 8.59. The summed E-state index contributed by atoms with van der Waals surface area (Å²) in [6.45, 7) is 6.40. The molecule has 0 saturated heterocycles. The van der Waals surface area contributed by atoms with E-state index in [-0.39, 0.29) is 12.0 Å². The van der Waals surface area contributed by atoms with Crippen molar-refractivity contribution in [1.29, 1.82) is 0 Å². The van der Waals surface area contributed by atoms with Crippen LogP contribution in [0.4, 0.5) is 0 Å². The van der Waals surface area contributed by atoms with Crippen molar-refractivity contribution in [2.24, 2.45) is 11.8 Å². The summed E-state index contributed by atoms with van der Waals surface area (Å²) in [5, 5.41) is 0. The van der Waals surface area contributed by atoms with Gasteiger partial charge in [0.15, 0.2) is 0 Å². The van der Waals surface area contributed by atoms with E-state index in [1.165, 1.54) is 18.9 Å². The average molecular weight is 384 g/mol. The van der Waals surface area contributed by atoms with E-state index in [1.807, 2.05) is 19.1 Å². The van der Waals surface area contributed by atoms with E-state index in [0.29, 0.717) is 11.6 Å². The predicted molar refractivity (Wildman–Crippen MR) is 105 cm³/mol. The Hall–Kier alpha value is -2.63. The van der Waals surface area contributed by atoms with Gasteiger partial charge < -0.3 is 14.0 Å². The van der Waals surface area contributed by atoms with Crippen LogP contribution in [0.15, 0.2) is 36.8 Å². The Morgan fingerprint density at radius 2 is 2.00 bits per heavy atom. The number of ether oxygens (including phenoxy) is 2. The molecular formula is C22H28N2O4. The Bertz CT molecular complexity index is 839. The minimum absolute atomic E-state index is 0.0536. The summed E-state index contributed by atoms with van der Waals surface area (Å²) < 4.78 is 12.1. The molecule has 3 rings (SSSR count). The van der Waals surface area contributed by atoms with Gasteiger partial charge in [-0.25, -0.2) is 14.6 Å². The molecule has 6 heteroatoms. The van der Waals surface area contributed by atoms with Gasteiger partial charge in [-0.1, -0.05) is 38.1 Å². The predicted octanol–water partition coefficient (Wildman–Crippen LogP) is 3.80. The van der Waals surface area contributed by atoms with Gasteiger partial charge in [-0.2, -0.15) is 0 Å². The highest BCUT2D eigenvalue weighted by molar-refractivity contribution is 5.90. The smallest absolute Gasteiger partial charge is 0.357 e. The fourth-order valence-corrected chi connectivity index (χ4v) is 3.41. The Morgan fingerprint density at radius 1 is 1.25 bits per heavy atom. The number of hydrogen-bond acceptors (Lipinski definition) is 5. The summed E-state index contributed by atoms with van der Waals surface area (Å²) in [7, 11) is 1.31. The van der Waals surface area contributed by atoms with Gasteiger partial charge in [-0.05, 0) is 43.2 Å². The number of imidazole rings is 1. The highest BCUT2D eigenvalue weighted by Crippen LogP contribution is 2.35. The lowest BCUT2D eigenvalue weighted by atomic mass is 9.98. The summed E-state index contributed by atoms with van der Waals surface area (Å²) in [5.74, 6) is -0.429. The van der Waals surface area contributed by atoms with Gasteiger partial charge in [0.1, 0.15) is 5.69 Å². The molecule has 2 aromatic rings. The molecule has 0 aliphatic heterocycles. The third-order valence-corrected chi connectivity index (χ3v) is 5.09. The first kappa shape index (κ1) is 20.1. The maximum absolute atomic E-state index is 12.7. The summed E-state index contributed by atoms with van der Waals surface area (Å²) >= 11 is 0. The van der Waals surface area contributed by atoms with Gasteiger partial charge in [0, 0.05) is 5.92 Å². The molecular weight excluding hydrogens is 356 g/mol. The molecule has 1 aromatic carbocycles. The number of carbonyl (C=O) groups excluding carboxylic acids is 2. The number of carbonyl (C=O) groups is 2. The second-order valence-corrected chi connectivity index (χ2v) is 7.89. The molecule has 0 bridgehead atoms. The minimum atomic E-state index is -0.842. The van der Waals surface area contributed by atoms with E-state index in [9.17, 15) is 9.59 Å². The number of esters is 2. The Morgan fingerprint density at radius 3 is 2.64 bits per heavy atom. The second-order valence-electron chi connectivity index (χ2n) is 7.89. The minimum Gasteiger partial charge on any atom is -0.466 e. The maximum Gasteiger partial charge on any atom is 0.357 e. The first-order valence-corrected chi connectivity index (χ1v) is 9.80. The molecule has 1 saturated carbocycles. The van der Waals surface area contributed by atoms with Crippen LogP contribution in [0.25, 0.3) is 0 Å². The molecule has 28 heavy (non-hydrogen) atoms. The lowest BCUT2D eigenvalue weighted by molar-refractivity contribution is -0.152. The van der Waals surface area contributed by atoms with Crippen LogP contribution >= 0.6 is 0 Å². The Balaban J connectivity index is 1.79. The quantitative estimate of drug-likeness (QED) is 0.648. The molecule has 1 heterocycles. The molecule has 150 valence electrons. The highest BCUT2D eigenvalue weighted by Gasteiger charge is 2.40. The van der Waals surface area contributed by atoms with Gasteiger partial charge in [0.05, 0.1) is 25.7 Å². The van der Waals surface area contributed by atoms with Crippen LogP contribution in [0.2, 0.25) is 0 Å². The lowest BCUT2D eigenvalue weighted by Crippen LogP contribution is -2.31. The largest absolute Gasteiger partial charge is 0.466 e. The molecule has 0 radical (unpaired) electrons. The van der Waals surface area contributed by atoms with Crippen LogP contribution in [-0.4, -0.2) is 34.7 Å². The van der Waals surface area contributed by atoms with Crippen LogP contribution in [0.3, 0.4) is 0 Å². The van der Waals surface area contributed by atoms with Crippen molar-refractivity contribution in [3.05, 3.63) is 53.6 Å². The van der Waals surface area contributed by atoms with E-state index in [1.54, 1.807) is 10.9 Å². The molecule has 1 aliphatic rings. The van der Waals surface area contributed by atoms with Crippen molar-refractivity contribution in [1.82, 2.24) is 9.55 Å². The maximum atomic E-state index is 12.7. The summed E-state index contributed by atoms with van der Waals surface area (Å²) in [5.41, 5.74) is 2.69. The van der Waals surface area contributed by atoms with E-state index < -0.39 is 18.0 Å². The number of rotatable bonds is 8. The molecule has 2 unspecified atom stereocenters. The zero-order valence-electron chi connectivity index (χ0n) is 16.9. The normalized spacial score (nSPS) is 15.9. The van der Waals surface area contributed by atoms with Gasteiger partial charge in [-0.3, -0.25) is 0 Å². The van der Waals surface area contributed by atoms with Crippen molar-refractivity contribution in [2.75, 3.05) is 7.11 Å². The molecule has 0 spiro atoms. The summed E-state index contributed by atoms with van der Waals surface area (Å²) in [6.07, 6.45) is 5.00. The first-order chi connectivity index (χ1) is 13.4. The van der Waals surface area contributed by atoms with Crippen LogP contribution in [-0.2, 0) is 20.7 Å². The first-order valence-electron chi connectivity index (χ1n) is 9.80. The monoisotopic (exact) mass is 384 g/mol. The number of aromatic nitrogens is 2. The average Bonchev–Trinajstić information content (AvgIpc) is 3.39. The van der Waals surface area contributed by atoms with Crippen molar-refractivity contribution in [3.8, 4) is 0 Å². The third-order valence-electron chi connectivity index (χ3n) is 5.09. The van der Waals surface area contributed by atoms with Gasteiger partial charge in [-0.15, -0.1) is 0 Å². The lowest BCUT2D eigenvalue weighted by Gasteiger charge is -2.19. The van der Waals surface area contributed by atoms with Crippen LogP contribution in [0.1, 0.15) is 61.3 Å². The van der Waals surface area contributed by atoms with Crippen LogP contribution in [0.5, 0.6) is 0 Å². The fourth-order valence-electron chi connectivity index (χ4n) is 3.41. The van der Waals surface area contributed by atoms with Crippen molar-refractivity contribution in [3.63, 3.8) is 0 Å². The van der Waals surface area contributed by atoms with Crippen molar-refractivity contribution >= 4 is 11.9 Å². The molecule has 0 N–H and O–H groups in total. The van der Waals surface area contributed by atoms with E-state index >= 15 is 0 Å². The van der Waals surface area contributed by atoms with E-state index in [2.05, 4.69) is 31.0 Å². The number of benzene rings is 1. The van der Waals surface area contributed by atoms with E-state index in [4.69, 9.17) is 9.47 Å². The summed E-state index contributed by atoms with van der Waals surface area (Å²) in [4.78, 5) is 28.8. The van der Waals surface area contributed by atoms with E-state index in [0.717, 1.165) is 24.8 Å². The van der Waals surface area contributed by atoms with Gasteiger partial charge in [0.25, 0.3) is 0 Å². The molecule has 2 atom stereocenters. The zero-order valence-corrected chi connectivity index (χ0v) is 16.9. The topological polar surface area (TPSA) is 70.4 Å². The third kappa shape index (κ3) is 4.61. The standard InChI is InChI=1S/C22H28N2O4/c1-14(2)10-16-6-5-7-18(11-16)15(3)24-13-23-12-19(24)21(25)28-20(17-8-9-17)22(26)27-4/h5-7,11-15,17,20H,8-10H2,1-4H3. The van der Waals surface area contributed by atoms with Crippen molar-refractivity contribution in [2.45, 2.75) is 52.2 Å². The van der Waals surface area contributed by atoms with Gasteiger partial charge >= 0.3 is 11.9 Å². The Labute approximate surface area is 165 Å².